The van der Waals surface area contributed by atoms with Crippen LogP contribution in [0.4, 0.5) is 0 Å². The fourth-order valence-corrected chi connectivity index (χ4v) is 7.07. The summed E-state index contributed by atoms with van der Waals surface area (Å²) in [6.45, 7) is 0. The Morgan fingerprint density at radius 2 is 0.830 bits per heavy atom. The number of imidazole rings is 1. The molecule has 0 saturated carbocycles. The first-order valence-electron chi connectivity index (χ1n) is 16.1. The maximum absolute atomic E-state index is 5.28. The maximum atomic E-state index is 5.28. The lowest BCUT2D eigenvalue weighted by Crippen LogP contribution is -1.99. The number of rotatable bonds is 5. The van der Waals surface area contributed by atoms with Crippen molar-refractivity contribution in [2.45, 2.75) is 0 Å². The Balaban J connectivity index is 1.37. The third-order valence-corrected chi connectivity index (χ3v) is 9.18. The fourth-order valence-electron chi connectivity index (χ4n) is 7.07. The van der Waals surface area contributed by atoms with Gasteiger partial charge in [-0.05, 0) is 79.2 Å². The Bertz CT molecular complexity index is 2530. The average molecular weight is 599 g/mol. The quantitative estimate of drug-likeness (QED) is 0.180. The van der Waals surface area contributed by atoms with E-state index in [1.165, 1.54) is 49.4 Å². The largest absolute Gasteiger partial charge is 0.292 e. The molecule has 47 heavy (non-hydrogen) atoms. The van der Waals surface area contributed by atoms with Crippen LogP contribution in [0.3, 0.4) is 0 Å². The Kier molecular flexibility index (Phi) is 6.50. The molecule has 0 radical (unpaired) electrons. The molecule has 9 aromatic rings. The Hall–Kier alpha value is -6.25. The van der Waals surface area contributed by atoms with Crippen molar-refractivity contribution >= 4 is 32.6 Å². The van der Waals surface area contributed by atoms with Crippen molar-refractivity contribution in [1.29, 1.82) is 0 Å². The number of aromatic nitrogens is 2. The minimum absolute atomic E-state index is 0.926. The maximum Gasteiger partial charge on any atom is 0.145 e. The van der Waals surface area contributed by atoms with Gasteiger partial charge in [0, 0.05) is 11.3 Å². The van der Waals surface area contributed by atoms with Crippen molar-refractivity contribution in [3.63, 3.8) is 0 Å². The van der Waals surface area contributed by atoms with E-state index in [0.717, 1.165) is 33.7 Å². The standard InChI is InChI=1S/C45H30N2/c1-5-15-31(16-6-1)35-25-28-42-41(29-35)46-45(34-21-11-4-12-22-34)47(42)36-26-27-39-40(30-36)44(33-19-9-3-10-20-33)38-24-14-13-23-37(38)43(39)32-17-7-2-8-18-32/h1-30H. The van der Waals surface area contributed by atoms with Gasteiger partial charge in [0.15, 0.2) is 0 Å². The summed E-state index contributed by atoms with van der Waals surface area (Å²) in [4.78, 5) is 5.28. The second-order valence-corrected chi connectivity index (χ2v) is 12.0. The van der Waals surface area contributed by atoms with Gasteiger partial charge in [0.05, 0.1) is 11.0 Å². The molecule has 2 nitrogen and oxygen atoms in total. The van der Waals surface area contributed by atoms with Gasteiger partial charge in [-0.2, -0.15) is 0 Å². The van der Waals surface area contributed by atoms with Gasteiger partial charge >= 0.3 is 0 Å². The van der Waals surface area contributed by atoms with Crippen LogP contribution in [0.5, 0.6) is 0 Å². The molecule has 2 heteroatoms. The van der Waals surface area contributed by atoms with E-state index in [2.05, 4.69) is 187 Å². The van der Waals surface area contributed by atoms with E-state index in [9.17, 15) is 0 Å². The van der Waals surface area contributed by atoms with Gasteiger partial charge in [-0.25, -0.2) is 4.98 Å². The summed E-state index contributed by atoms with van der Waals surface area (Å²) in [5.74, 6) is 0.926. The van der Waals surface area contributed by atoms with Crippen molar-refractivity contribution in [1.82, 2.24) is 9.55 Å². The van der Waals surface area contributed by atoms with Crippen LogP contribution < -0.4 is 0 Å². The zero-order chi connectivity index (χ0) is 31.2. The van der Waals surface area contributed by atoms with Crippen molar-refractivity contribution in [3.05, 3.63) is 182 Å². The van der Waals surface area contributed by atoms with E-state index in [4.69, 9.17) is 4.98 Å². The summed E-state index contributed by atoms with van der Waals surface area (Å²) < 4.78 is 2.32. The van der Waals surface area contributed by atoms with Crippen LogP contribution in [0.25, 0.3) is 83.0 Å². The van der Waals surface area contributed by atoms with E-state index < -0.39 is 0 Å². The lowest BCUT2D eigenvalue weighted by Gasteiger charge is -2.19. The highest BCUT2D eigenvalue weighted by Crippen LogP contribution is 2.44. The third kappa shape index (κ3) is 4.62. The summed E-state index contributed by atoms with van der Waals surface area (Å²) in [5.41, 5.74) is 11.5. The summed E-state index contributed by atoms with van der Waals surface area (Å²) in [7, 11) is 0. The predicted octanol–water partition coefficient (Wildman–Crippen LogP) is 12.0. The van der Waals surface area contributed by atoms with Crippen molar-refractivity contribution < 1.29 is 0 Å². The normalized spacial score (nSPS) is 11.4. The molecular formula is C45H30N2. The van der Waals surface area contributed by atoms with E-state index in [1.807, 2.05) is 0 Å². The highest BCUT2D eigenvalue weighted by Gasteiger charge is 2.20. The van der Waals surface area contributed by atoms with Gasteiger partial charge in [0.1, 0.15) is 5.82 Å². The van der Waals surface area contributed by atoms with Gasteiger partial charge in [0.25, 0.3) is 0 Å². The zero-order valence-corrected chi connectivity index (χ0v) is 25.7. The van der Waals surface area contributed by atoms with Gasteiger partial charge in [-0.15, -0.1) is 0 Å². The van der Waals surface area contributed by atoms with E-state index in [0.29, 0.717) is 0 Å². The highest BCUT2D eigenvalue weighted by atomic mass is 15.1. The third-order valence-electron chi connectivity index (χ3n) is 9.18. The summed E-state index contributed by atoms with van der Waals surface area (Å²) in [5, 5.41) is 4.94. The van der Waals surface area contributed by atoms with Crippen molar-refractivity contribution in [3.8, 4) is 50.5 Å². The van der Waals surface area contributed by atoms with E-state index in [1.54, 1.807) is 0 Å². The van der Waals surface area contributed by atoms with E-state index >= 15 is 0 Å². The van der Waals surface area contributed by atoms with E-state index in [-0.39, 0.29) is 0 Å². The van der Waals surface area contributed by atoms with Crippen LogP contribution in [-0.2, 0) is 0 Å². The molecule has 0 fully saturated rings. The van der Waals surface area contributed by atoms with Crippen LogP contribution >= 0.6 is 0 Å². The SMILES string of the molecule is c1ccc(-c2ccc3c(c2)nc(-c2ccccc2)n3-c2ccc3c(-c4ccccc4)c4ccccc4c(-c4ccccc4)c3c2)cc1. The zero-order valence-electron chi connectivity index (χ0n) is 25.7. The van der Waals surface area contributed by atoms with Crippen LogP contribution in [0.15, 0.2) is 182 Å². The molecule has 0 aliphatic rings. The molecule has 0 aliphatic heterocycles. The lowest BCUT2D eigenvalue weighted by molar-refractivity contribution is 1.11. The van der Waals surface area contributed by atoms with Crippen molar-refractivity contribution in [2.24, 2.45) is 0 Å². The minimum Gasteiger partial charge on any atom is -0.292 e. The highest BCUT2D eigenvalue weighted by molar-refractivity contribution is 6.21. The van der Waals surface area contributed by atoms with Crippen LogP contribution in [0.1, 0.15) is 0 Å². The van der Waals surface area contributed by atoms with Crippen LogP contribution in [0, 0.1) is 0 Å². The number of fused-ring (bicyclic) bond motifs is 3. The number of hydrogen-bond acceptors (Lipinski definition) is 1. The van der Waals surface area contributed by atoms with Crippen LogP contribution in [0.2, 0.25) is 0 Å². The lowest BCUT2D eigenvalue weighted by atomic mass is 9.86. The molecule has 0 saturated heterocycles. The number of hydrogen-bond donors (Lipinski definition) is 0. The summed E-state index contributed by atoms with van der Waals surface area (Å²) in [6.07, 6.45) is 0. The first kappa shape index (κ1) is 27.1. The summed E-state index contributed by atoms with van der Waals surface area (Å²) >= 11 is 0. The Morgan fingerprint density at radius 1 is 0.340 bits per heavy atom. The van der Waals surface area contributed by atoms with Gasteiger partial charge in [-0.3, -0.25) is 4.57 Å². The molecule has 0 N–H and O–H groups in total. The number of benzene rings is 8. The molecule has 0 atom stereocenters. The summed E-state index contributed by atoms with van der Waals surface area (Å²) in [6, 6.07) is 65.0. The molecule has 0 aliphatic carbocycles. The fraction of sp³-hybridized carbons (Fsp3) is 0. The molecular weight excluding hydrogens is 569 g/mol. The Labute approximate surface area is 273 Å². The number of nitrogens with zero attached hydrogens (tertiary/aromatic N) is 2. The second kappa shape index (κ2) is 11.3. The first-order chi connectivity index (χ1) is 23.3. The monoisotopic (exact) mass is 598 g/mol. The predicted molar refractivity (Wildman–Crippen MR) is 198 cm³/mol. The molecule has 0 bridgehead atoms. The van der Waals surface area contributed by atoms with Gasteiger partial charge in [0.2, 0.25) is 0 Å². The van der Waals surface area contributed by atoms with Crippen LogP contribution in [-0.4, -0.2) is 9.55 Å². The molecule has 0 amide bonds. The molecule has 9 rings (SSSR count). The molecule has 1 aromatic heterocycles. The average Bonchev–Trinajstić information content (AvgIpc) is 3.54. The van der Waals surface area contributed by atoms with Crippen molar-refractivity contribution in [2.75, 3.05) is 0 Å². The molecule has 0 unspecified atom stereocenters. The molecule has 0 spiro atoms. The second-order valence-electron chi connectivity index (χ2n) is 12.0. The minimum atomic E-state index is 0.926. The molecule has 220 valence electrons. The topological polar surface area (TPSA) is 17.8 Å². The first-order valence-corrected chi connectivity index (χ1v) is 16.1. The van der Waals surface area contributed by atoms with Gasteiger partial charge < -0.3 is 0 Å². The smallest absolute Gasteiger partial charge is 0.145 e. The Morgan fingerprint density at radius 3 is 1.43 bits per heavy atom. The molecule has 8 aromatic carbocycles. The molecule has 1 heterocycles. The van der Waals surface area contributed by atoms with Gasteiger partial charge in [-0.1, -0.05) is 158 Å².